The summed E-state index contributed by atoms with van der Waals surface area (Å²) in [5.41, 5.74) is 0.656. The van der Waals surface area contributed by atoms with Crippen LogP contribution in [-0.4, -0.2) is 11.7 Å². The molecule has 76 valence electrons. The van der Waals surface area contributed by atoms with Gasteiger partial charge in [0.1, 0.15) is 0 Å². The van der Waals surface area contributed by atoms with Crippen LogP contribution >= 0.6 is 15.9 Å². The maximum atomic E-state index is 13.3. The zero-order valence-electron chi connectivity index (χ0n) is 7.56. The van der Waals surface area contributed by atoms with Gasteiger partial charge in [0.2, 0.25) is 0 Å². The van der Waals surface area contributed by atoms with Crippen molar-refractivity contribution in [1.82, 2.24) is 5.32 Å². The maximum Gasteiger partial charge on any atom is 0.179 e. The molecule has 2 nitrogen and oxygen atoms in total. The third kappa shape index (κ3) is 1.64. The summed E-state index contributed by atoms with van der Waals surface area (Å²) < 4.78 is 13.6. The van der Waals surface area contributed by atoms with E-state index in [1.807, 2.05) is 0 Å². The minimum atomic E-state index is -0.573. The van der Waals surface area contributed by atoms with Gasteiger partial charge in [0, 0.05) is 11.6 Å². The molecule has 0 aromatic heterocycles. The second kappa shape index (κ2) is 3.87. The van der Waals surface area contributed by atoms with Crippen molar-refractivity contribution in [2.45, 2.75) is 18.9 Å². The van der Waals surface area contributed by atoms with Crippen LogP contribution in [0.25, 0.3) is 0 Å². The second-order valence-corrected chi connectivity index (χ2v) is 4.30. The summed E-state index contributed by atoms with van der Waals surface area (Å²) in [6.07, 6.45) is 2.02. The summed E-state index contributed by atoms with van der Waals surface area (Å²) in [5.74, 6) is -0.810. The summed E-state index contributed by atoms with van der Waals surface area (Å²) in [4.78, 5) is 0. The van der Waals surface area contributed by atoms with E-state index in [0.29, 0.717) is 10.0 Å². The van der Waals surface area contributed by atoms with Gasteiger partial charge in [0.25, 0.3) is 0 Å². The van der Waals surface area contributed by atoms with Gasteiger partial charge < -0.3 is 10.4 Å². The Hall–Kier alpha value is -0.610. The lowest BCUT2D eigenvalue weighted by atomic mass is 10.0. The molecule has 1 aliphatic heterocycles. The summed E-state index contributed by atoms with van der Waals surface area (Å²) in [5, 5.41) is 12.8. The molecule has 0 unspecified atom stereocenters. The molecule has 2 N–H and O–H groups in total. The Kier molecular flexibility index (Phi) is 2.74. The Labute approximate surface area is 90.3 Å². The van der Waals surface area contributed by atoms with E-state index in [1.54, 1.807) is 12.1 Å². The molecule has 4 heteroatoms. The van der Waals surface area contributed by atoms with Gasteiger partial charge >= 0.3 is 0 Å². The van der Waals surface area contributed by atoms with Crippen LogP contribution in [0.3, 0.4) is 0 Å². The minimum absolute atomic E-state index is 0.0950. The summed E-state index contributed by atoms with van der Waals surface area (Å²) in [7, 11) is 0. The van der Waals surface area contributed by atoms with Gasteiger partial charge in [-0.1, -0.05) is 6.07 Å². The third-order valence-corrected chi connectivity index (χ3v) is 3.15. The van der Waals surface area contributed by atoms with Crippen LogP contribution in [-0.2, 0) is 0 Å². The summed E-state index contributed by atoms with van der Waals surface area (Å²) in [6, 6.07) is 3.48. The van der Waals surface area contributed by atoms with Crippen molar-refractivity contribution < 1.29 is 9.50 Å². The zero-order valence-corrected chi connectivity index (χ0v) is 9.14. The zero-order chi connectivity index (χ0) is 10.1. The molecule has 1 fully saturated rings. The van der Waals surface area contributed by atoms with Gasteiger partial charge in [-0.15, -0.1) is 0 Å². The van der Waals surface area contributed by atoms with Crippen molar-refractivity contribution in [3.05, 3.63) is 28.0 Å². The van der Waals surface area contributed by atoms with Crippen molar-refractivity contribution in [1.29, 1.82) is 0 Å². The van der Waals surface area contributed by atoms with Crippen molar-refractivity contribution >= 4 is 15.9 Å². The van der Waals surface area contributed by atoms with Crippen molar-refractivity contribution in [3.63, 3.8) is 0 Å². The molecule has 1 aromatic carbocycles. The molecule has 0 radical (unpaired) electrons. The highest BCUT2D eigenvalue weighted by atomic mass is 79.9. The monoisotopic (exact) mass is 259 g/mol. The first kappa shape index (κ1) is 9.93. The van der Waals surface area contributed by atoms with Crippen molar-refractivity contribution in [3.8, 4) is 5.75 Å². The molecular weight excluding hydrogens is 249 g/mol. The molecular formula is C10H11BrFNO. The number of benzene rings is 1. The second-order valence-electron chi connectivity index (χ2n) is 3.45. The van der Waals surface area contributed by atoms with Gasteiger partial charge in [-0.3, -0.25) is 0 Å². The Morgan fingerprint density at radius 2 is 2.29 bits per heavy atom. The predicted molar refractivity (Wildman–Crippen MR) is 55.7 cm³/mol. The summed E-state index contributed by atoms with van der Waals surface area (Å²) >= 11 is 3.03. The molecule has 1 saturated heterocycles. The highest BCUT2D eigenvalue weighted by molar-refractivity contribution is 9.10. The normalized spacial score (nSPS) is 21.4. The Morgan fingerprint density at radius 3 is 2.93 bits per heavy atom. The molecule has 2 rings (SSSR count). The van der Waals surface area contributed by atoms with Gasteiger partial charge in [0.05, 0.1) is 4.47 Å². The Bertz CT molecular complexity index is 350. The smallest absolute Gasteiger partial charge is 0.179 e. The number of hydrogen-bond acceptors (Lipinski definition) is 2. The summed E-state index contributed by atoms with van der Waals surface area (Å²) in [6.45, 7) is 0.932. The van der Waals surface area contributed by atoms with E-state index in [4.69, 9.17) is 0 Å². The van der Waals surface area contributed by atoms with E-state index in [0.717, 1.165) is 19.4 Å². The quantitative estimate of drug-likeness (QED) is 0.813. The average Bonchev–Trinajstić information content (AvgIpc) is 2.67. The number of phenols is 1. The van der Waals surface area contributed by atoms with Crippen LogP contribution in [0.5, 0.6) is 5.75 Å². The van der Waals surface area contributed by atoms with Gasteiger partial charge in [-0.25, -0.2) is 4.39 Å². The van der Waals surface area contributed by atoms with Gasteiger partial charge in [-0.2, -0.15) is 0 Å². The van der Waals surface area contributed by atoms with Gasteiger partial charge in [0.15, 0.2) is 11.6 Å². The van der Waals surface area contributed by atoms with Crippen LogP contribution in [0.2, 0.25) is 0 Å². The molecule has 0 saturated carbocycles. The maximum absolute atomic E-state index is 13.3. The minimum Gasteiger partial charge on any atom is -0.505 e. The Morgan fingerprint density at radius 1 is 1.50 bits per heavy atom. The van der Waals surface area contributed by atoms with Crippen LogP contribution < -0.4 is 5.32 Å². The fourth-order valence-electron chi connectivity index (χ4n) is 1.79. The first-order valence-electron chi connectivity index (χ1n) is 4.60. The molecule has 1 heterocycles. The lowest BCUT2D eigenvalue weighted by Gasteiger charge is -2.13. The van der Waals surface area contributed by atoms with E-state index >= 15 is 0 Å². The molecule has 14 heavy (non-hydrogen) atoms. The number of aromatic hydroxyl groups is 1. The highest BCUT2D eigenvalue weighted by Crippen LogP contribution is 2.34. The van der Waals surface area contributed by atoms with Crippen LogP contribution in [0, 0.1) is 5.82 Å². The third-order valence-electron chi connectivity index (χ3n) is 2.54. The molecule has 0 amide bonds. The number of rotatable bonds is 1. The van der Waals surface area contributed by atoms with Crippen LogP contribution in [0.15, 0.2) is 16.6 Å². The van der Waals surface area contributed by atoms with E-state index < -0.39 is 5.82 Å². The average molecular weight is 260 g/mol. The van der Waals surface area contributed by atoms with E-state index in [1.165, 1.54) is 0 Å². The fraction of sp³-hybridized carbons (Fsp3) is 0.400. The number of nitrogens with one attached hydrogen (secondary N) is 1. The van der Waals surface area contributed by atoms with Gasteiger partial charge in [-0.05, 0) is 41.4 Å². The van der Waals surface area contributed by atoms with Crippen LogP contribution in [0.4, 0.5) is 4.39 Å². The SMILES string of the molecule is Oc1c([C@H]2CCCN2)ccc(Br)c1F. The number of hydrogen-bond donors (Lipinski definition) is 2. The first-order chi connectivity index (χ1) is 6.70. The topological polar surface area (TPSA) is 32.3 Å². The van der Waals surface area contributed by atoms with E-state index in [2.05, 4.69) is 21.2 Å². The molecule has 1 atom stereocenters. The molecule has 0 aliphatic carbocycles. The highest BCUT2D eigenvalue weighted by Gasteiger charge is 2.21. The molecule has 0 spiro atoms. The molecule has 1 aliphatic rings. The largest absolute Gasteiger partial charge is 0.505 e. The molecule has 0 bridgehead atoms. The van der Waals surface area contributed by atoms with E-state index in [9.17, 15) is 9.50 Å². The number of phenolic OH excluding ortho intramolecular Hbond substituents is 1. The van der Waals surface area contributed by atoms with Crippen LogP contribution in [0.1, 0.15) is 24.4 Å². The van der Waals surface area contributed by atoms with Crippen molar-refractivity contribution in [2.24, 2.45) is 0 Å². The fourth-order valence-corrected chi connectivity index (χ4v) is 2.11. The first-order valence-corrected chi connectivity index (χ1v) is 5.39. The predicted octanol–water partition coefficient (Wildman–Crippen LogP) is 2.72. The molecule has 1 aromatic rings. The van der Waals surface area contributed by atoms with E-state index in [-0.39, 0.29) is 11.8 Å². The van der Waals surface area contributed by atoms with Crippen molar-refractivity contribution in [2.75, 3.05) is 6.54 Å². The Balaban J connectivity index is 2.38. The lowest BCUT2D eigenvalue weighted by molar-refractivity contribution is 0.415. The lowest BCUT2D eigenvalue weighted by Crippen LogP contribution is -2.13. The number of halogens is 2. The standard InChI is InChI=1S/C10H11BrFNO/c11-7-4-3-6(10(14)9(7)12)8-2-1-5-13-8/h3-4,8,13-14H,1-2,5H2/t8-/m1/s1.